The summed E-state index contributed by atoms with van der Waals surface area (Å²) in [5, 5.41) is 2.48. The van der Waals surface area contributed by atoms with E-state index in [-0.39, 0.29) is 0 Å². The maximum absolute atomic E-state index is 5.38. The molecule has 0 aromatic carbocycles. The lowest BCUT2D eigenvalue weighted by atomic mass is 9.53. The number of nitrogens with two attached hydrogens (primary N) is 1. The third kappa shape index (κ3) is 1.28. The van der Waals surface area contributed by atoms with Crippen LogP contribution in [-0.2, 0) is 0 Å². The summed E-state index contributed by atoms with van der Waals surface area (Å²) < 4.78 is 0. The van der Waals surface area contributed by atoms with Gasteiger partial charge in [0, 0.05) is 19.3 Å². The Labute approximate surface area is 86.7 Å². The Morgan fingerprint density at radius 2 is 1.57 bits per heavy atom. The van der Waals surface area contributed by atoms with Gasteiger partial charge in [0.2, 0.25) is 0 Å². The predicted octanol–water partition coefficient (Wildman–Crippen LogP) is 1.15. The Kier molecular flexibility index (Phi) is 1.89. The minimum absolute atomic E-state index is 0.584. The lowest BCUT2D eigenvalue weighted by molar-refractivity contribution is -0.730. The van der Waals surface area contributed by atoms with Crippen molar-refractivity contribution in [3.8, 4) is 12.3 Å². The molecule has 0 aromatic rings. The van der Waals surface area contributed by atoms with Crippen LogP contribution in [0.2, 0.25) is 0 Å². The number of terminal acetylenes is 1. The third-order valence-electron chi connectivity index (χ3n) is 4.74. The highest BCUT2D eigenvalue weighted by Crippen LogP contribution is 2.54. The zero-order valence-corrected chi connectivity index (χ0v) is 8.84. The van der Waals surface area contributed by atoms with Crippen molar-refractivity contribution in [1.82, 2.24) is 0 Å². The van der Waals surface area contributed by atoms with Crippen molar-refractivity contribution in [2.75, 3.05) is 6.54 Å². The van der Waals surface area contributed by atoms with E-state index >= 15 is 0 Å². The molecule has 76 valence electrons. The number of quaternary nitrogens is 1. The number of rotatable bonds is 2. The minimum Gasteiger partial charge on any atom is -0.331 e. The topological polar surface area (TPSA) is 16.6 Å². The summed E-state index contributed by atoms with van der Waals surface area (Å²) in [4.78, 5) is 0. The molecule has 0 atom stereocenters. The minimum atomic E-state index is 0.584. The fourth-order valence-electron chi connectivity index (χ4n) is 4.70. The van der Waals surface area contributed by atoms with Crippen LogP contribution < -0.4 is 5.32 Å². The van der Waals surface area contributed by atoms with Gasteiger partial charge in [-0.2, -0.15) is 0 Å². The molecule has 4 rings (SSSR count). The van der Waals surface area contributed by atoms with E-state index in [1.165, 1.54) is 38.5 Å². The Morgan fingerprint density at radius 1 is 1.07 bits per heavy atom. The summed E-state index contributed by atoms with van der Waals surface area (Å²) in [5.74, 6) is 5.94. The van der Waals surface area contributed by atoms with Gasteiger partial charge in [0.05, 0.1) is 5.54 Å². The Hall–Kier alpha value is -0.480. The molecule has 1 nitrogen and oxygen atoms in total. The van der Waals surface area contributed by atoms with Crippen molar-refractivity contribution >= 4 is 0 Å². The van der Waals surface area contributed by atoms with Crippen LogP contribution in [0.25, 0.3) is 0 Å². The summed E-state index contributed by atoms with van der Waals surface area (Å²) in [6, 6.07) is 0. The summed E-state index contributed by atoms with van der Waals surface area (Å²) in [6.07, 6.45) is 14.3. The number of hydrogen-bond acceptors (Lipinski definition) is 0. The Morgan fingerprint density at radius 3 is 2.00 bits per heavy atom. The second-order valence-electron chi connectivity index (χ2n) is 5.89. The van der Waals surface area contributed by atoms with Gasteiger partial charge in [-0.1, -0.05) is 0 Å². The number of hydrogen-bond donors (Lipinski definition) is 1. The molecule has 0 unspecified atom stereocenters. The van der Waals surface area contributed by atoms with Gasteiger partial charge >= 0.3 is 0 Å². The molecule has 4 bridgehead atoms. The van der Waals surface area contributed by atoms with Gasteiger partial charge in [0.15, 0.2) is 0 Å². The van der Waals surface area contributed by atoms with Crippen molar-refractivity contribution in [3.05, 3.63) is 0 Å². The van der Waals surface area contributed by atoms with Gasteiger partial charge in [-0.3, -0.25) is 0 Å². The first-order valence-corrected chi connectivity index (χ1v) is 6.07. The molecule has 0 aromatic heterocycles. The van der Waals surface area contributed by atoms with Crippen LogP contribution in [0.1, 0.15) is 38.5 Å². The van der Waals surface area contributed by atoms with Gasteiger partial charge in [-0.15, -0.1) is 6.42 Å². The molecule has 4 aliphatic rings. The summed E-state index contributed by atoms with van der Waals surface area (Å²) in [5.41, 5.74) is 0.584. The zero-order chi connectivity index (χ0) is 9.60. The first-order chi connectivity index (χ1) is 6.80. The highest BCUT2D eigenvalue weighted by Gasteiger charge is 2.53. The van der Waals surface area contributed by atoms with E-state index in [2.05, 4.69) is 11.2 Å². The molecule has 0 spiro atoms. The van der Waals surface area contributed by atoms with E-state index in [1.54, 1.807) is 0 Å². The summed E-state index contributed by atoms with van der Waals surface area (Å²) in [7, 11) is 0. The van der Waals surface area contributed by atoms with E-state index in [0.29, 0.717) is 5.54 Å². The molecular formula is C13H20N+. The van der Waals surface area contributed by atoms with Crippen LogP contribution in [0.4, 0.5) is 0 Å². The van der Waals surface area contributed by atoms with Crippen LogP contribution in [0.15, 0.2) is 0 Å². The van der Waals surface area contributed by atoms with E-state index < -0.39 is 0 Å². The van der Waals surface area contributed by atoms with Gasteiger partial charge in [0.25, 0.3) is 0 Å². The third-order valence-corrected chi connectivity index (χ3v) is 4.74. The highest BCUT2D eigenvalue weighted by molar-refractivity contribution is 5.02. The maximum atomic E-state index is 5.38. The Balaban J connectivity index is 1.78. The molecule has 0 radical (unpaired) electrons. The average molecular weight is 190 g/mol. The molecule has 4 aliphatic carbocycles. The molecule has 0 heterocycles. The van der Waals surface area contributed by atoms with E-state index in [4.69, 9.17) is 6.42 Å². The van der Waals surface area contributed by atoms with Crippen LogP contribution >= 0.6 is 0 Å². The average Bonchev–Trinajstić information content (AvgIpc) is 2.12. The summed E-state index contributed by atoms with van der Waals surface area (Å²) in [6.45, 7) is 0.895. The highest BCUT2D eigenvalue weighted by atomic mass is 15.0. The largest absolute Gasteiger partial charge is 0.331 e. The van der Waals surface area contributed by atoms with Crippen LogP contribution in [-0.4, -0.2) is 12.1 Å². The van der Waals surface area contributed by atoms with Gasteiger partial charge in [0.1, 0.15) is 6.54 Å². The second kappa shape index (κ2) is 3.00. The second-order valence-corrected chi connectivity index (χ2v) is 5.89. The first kappa shape index (κ1) is 8.80. The lowest BCUT2D eigenvalue weighted by Crippen LogP contribution is -2.98. The Bertz CT molecular complexity index is 238. The molecular weight excluding hydrogens is 170 g/mol. The molecule has 0 saturated heterocycles. The van der Waals surface area contributed by atoms with Gasteiger partial charge in [-0.25, -0.2) is 0 Å². The molecule has 4 saturated carbocycles. The molecule has 0 amide bonds. The van der Waals surface area contributed by atoms with Crippen molar-refractivity contribution in [1.29, 1.82) is 0 Å². The maximum Gasteiger partial charge on any atom is 0.137 e. The van der Waals surface area contributed by atoms with E-state index in [9.17, 15) is 0 Å². The smallest absolute Gasteiger partial charge is 0.137 e. The van der Waals surface area contributed by atoms with Crippen molar-refractivity contribution < 1.29 is 5.32 Å². The van der Waals surface area contributed by atoms with Gasteiger partial charge < -0.3 is 5.32 Å². The van der Waals surface area contributed by atoms with Crippen LogP contribution in [0, 0.1) is 30.1 Å². The van der Waals surface area contributed by atoms with Crippen LogP contribution in [0.3, 0.4) is 0 Å². The van der Waals surface area contributed by atoms with Crippen LogP contribution in [0.5, 0.6) is 0 Å². The fourth-order valence-corrected chi connectivity index (χ4v) is 4.70. The lowest BCUT2D eigenvalue weighted by Gasteiger charge is -2.54. The first-order valence-electron chi connectivity index (χ1n) is 6.07. The van der Waals surface area contributed by atoms with Crippen molar-refractivity contribution in [2.24, 2.45) is 17.8 Å². The molecule has 14 heavy (non-hydrogen) atoms. The van der Waals surface area contributed by atoms with E-state index in [0.717, 1.165) is 24.3 Å². The van der Waals surface area contributed by atoms with Crippen molar-refractivity contribution in [3.63, 3.8) is 0 Å². The van der Waals surface area contributed by atoms with Crippen molar-refractivity contribution in [2.45, 2.75) is 44.1 Å². The van der Waals surface area contributed by atoms with E-state index in [1.807, 2.05) is 0 Å². The quantitative estimate of drug-likeness (QED) is 0.629. The monoisotopic (exact) mass is 190 g/mol. The SMILES string of the molecule is C#CC[NH2+]C12CC3CC(CC(C3)C1)C2. The predicted molar refractivity (Wildman–Crippen MR) is 56.5 cm³/mol. The fraction of sp³-hybridized carbons (Fsp3) is 0.846. The molecule has 1 heteroatoms. The molecule has 4 fully saturated rings. The normalized spacial score (nSPS) is 49.2. The molecule has 0 aliphatic heterocycles. The summed E-state index contributed by atoms with van der Waals surface area (Å²) >= 11 is 0. The molecule has 2 N–H and O–H groups in total. The van der Waals surface area contributed by atoms with Gasteiger partial charge in [-0.05, 0) is 42.9 Å². The zero-order valence-electron chi connectivity index (χ0n) is 8.84. The standard InChI is InChI=1S/C13H19N/c1-2-3-14-13-7-10-4-11(8-13)6-12(5-10)9-13/h1,10-12,14H,3-9H2/p+1.